The van der Waals surface area contributed by atoms with E-state index < -0.39 is 23.7 Å². The second-order valence-corrected chi connectivity index (χ2v) is 8.84. The second-order valence-electron chi connectivity index (χ2n) is 8.84. The number of nitrogens with zero attached hydrogens (tertiary/aromatic N) is 1. The van der Waals surface area contributed by atoms with Crippen molar-refractivity contribution < 1.29 is 24.2 Å². The van der Waals surface area contributed by atoms with Gasteiger partial charge in [-0.1, -0.05) is 32.1 Å². The Labute approximate surface area is 196 Å². The standard InChI is InChI=1S/C22H33N3O5.Li.H/c1-22(2,3)30-21(29)24-17-13-15(11-12-23-17)14-18(26)25-19(20(27)28)16-9-7-5-4-6-8-10-16;;/h11-13,16,19H,4-10,14H2,1-3H3,(H,25,26)(H,27,28)(H,23,24,29);;. The normalized spacial score (nSPS) is 16.1. The van der Waals surface area contributed by atoms with Crippen LogP contribution in [0.1, 0.15) is 71.3 Å². The Morgan fingerprint density at radius 3 is 2.35 bits per heavy atom. The Kier molecular flexibility index (Phi) is 11.1. The van der Waals surface area contributed by atoms with Crippen molar-refractivity contribution in [2.24, 2.45) is 5.92 Å². The number of rotatable bonds is 6. The molecule has 8 nitrogen and oxygen atoms in total. The zero-order valence-corrected chi connectivity index (χ0v) is 18.1. The molecule has 2 amide bonds. The van der Waals surface area contributed by atoms with Crippen molar-refractivity contribution in [3.8, 4) is 0 Å². The van der Waals surface area contributed by atoms with Gasteiger partial charge in [0, 0.05) is 6.20 Å². The van der Waals surface area contributed by atoms with Crippen LogP contribution in [0.2, 0.25) is 0 Å². The molecule has 0 saturated heterocycles. The number of carboxylic acid groups (broad SMARTS) is 1. The predicted octanol–water partition coefficient (Wildman–Crippen LogP) is 3.25. The Hall–Kier alpha value is -2.04. The van der Waals surface area contributed by atoms with E-state index in [4.69, 9.17) is 4.74 Å². The number of carbonyl (C=O) groups is 3. The molecule has 0 radical (unpaired) electrons. The Bertz CT molecular complexity index is 743. The van der Waals surface area contributed by atoms with Gasteiger partial charge in [0.25, 0.3) is 0 Å². The number of aromatic nitrogens is 1. The summed E-state index contributed by atoms with van der Waals surface area (Å²) in [5, 5.41) is 14.9. The summed E-state index contributed by atoms with van der Waals surface area (Å²) < 4.78 is 5.19. The first-order chi connectivity index (χ1) is 14.1. The van der Waals surface area contributed by atoms with Gasteiger partial charge >= 0.3 is 30.9 Å². The van der Waals surface area contributed by atoms with Crippen molar-refractivity contribution in [1.29, 1.82) is 0 Å². The van der Waals surface area contributed by atoms with Crippen LogP contribution in [0.4, 0.5) is 10.6 Å². The first kappa shape index (κ1) is 27.0. The van der Waals surface area contributed by atoms with Crippen LogP contribution >= 0.6 is 0 Å². The molecule has 0 aromatic carbocycles. The molecule has 1 unspecified atom stereocenters. The van der Waals surface area contributed by atoms with Crippen LogP contribution in [0.25, 0.3) is 0 Å². The third-order valence-electron chi connectivity index (χ3n) is 5.02. The van der Waals surface area contributed by atoms with Gasteiger partial charge in [-0.25, -0.2) is 14.6 Å². The molecule has 1 aliphatic rings. The van der Waals surface area contributed by atoms with Gasteiger partial charge in [0.15, 0.2) is 0 Å². The SMILES string of the molecule is CC(C)(C)OC(=O)Nc1cc(CC(=O)NC(C(=O)O)C2CCCCCCC2)ccn1.[LiH]. The van der Waals surface area contributed by atoms with Gasteiger partial charge in [-0.05, 0) is 57.2 Å². The number of ether oxygens (including phenoxy) is 1. The maximum absolute atomic E-state index is 12.5. The van der Waals surface area contributed by atoms with Crippen molar-refractivity contribution in [3.05, 3.63) is 23.9 Å². The van der Waals surface area contributed by atoms with Gasteiger partial charge in [-0.15, -0.1) is 0 Å². The Morgan fingerprint density at radius 1 is 1.16 bits per heavy atom. The molecule has 0 aliphatic heterocycles. The average molecular weight is 427 g/mol. The number of pyridine rings is 1. The zero-order chi connectivity index (χ0) is 22.1. The fourth-order valence-electron chi connectivity index (χ4n) is 3.67. The van der Waals surface area contributed by atoms with Crippen LogP contribution in [0.15, 0.2) is 18.3 Å². The summed E-state index contributed by atoms with van der Waals surface area (Å²) in [5.74, 6) is -1.13. The van der Waals surface area contributed by atoms with E-state index in [1.807, 2.05) is 0 Å². The first-order valence-electron chi connectivity index (χ1n) is 10.6. The summed E-state index contributed by atoms with van der Waals surface area (Å²) >= 11 is 0. The van der Waals surface area contributed by atoms with Crippen LogP contribution in [-0.2, 0) is 20.7 Å². The van der Waals surface area contributed by atoms with E-state index in [1.165, 1.54) is 12.6 Å². The fraction of sp³-hybridized carbons (Fsp3) is 0.636. The molecule has 3 N–H and O–H groups in total. The number of nitrogens with one attached hydrogen (secondary N) is 2. The summed E-state index contributed by atoms with van der Waals surface area (Å²) in [7, 11) is 0. The molecule has 31 heavy (non-hydrogen) atoms. The third-order valence-corrected chi connectivity index (χ3v) is 5.02. The number of aliphatic carboxylic acids is 1. The number of anilines is 1. The minimum atomic E-state index is -0.990. The molecule has 1 aliphatic carbocycles. The van der Waals surface area contributed by atoms with E-state index in [2.05, 4.69) is 15.6 Å². The van der Waals surface area contributed by atoms with Crippen molar-refractivity contribution in [2.45, 2.75) is 83.8 Å². The van der Waals surface area contributed by atoms with E-state index in [-0.39, 0.29) is 42.9 Å². The van der Waals surface area contributed by atoms with Crippen molar-refractivity contribution in [1.82, 2.24) is 10.3 Å². The summed E-state index contributed by atoms with van der Waals surface area (Å²) in [5.41, 5.74) is -0.0138. The van der Waals surface area contributed by atoms with Crippen molar-refractivity contribution >= 4 is 42.6 Å². The third kappa shape index (κ3) is 10.2. The van der Waals surface area contributed by atoms with Gasteiger partial charge in [0.2, 0.25) is 5.91 Å². The van der Waals surface area contributed by atoms with Crippen LogP contribution < -0.4 is 10.6 Å². The minimum absolute atomic E-state index is 0. The van der Waals surface area contributed by atoms with Crippen molar-refractivity contribution in [2.75, 3.05) is 5.32 Å². The fourth-order valence-corrected chi connectivity index (χ4v) is 3.67. The van der Waals surface area contributed by atoms with Crippen molar-refractivity contribution in [3.63, 3.8) is 0 Å². The molecule has 1 heterocycles. The second kappa shape index (κ2) is 12.7. The van der Waals surface area contributed by atoms with E-state index in [9.17, 15) is 19.5 Å². The molecule has 2 rings (SSSR count). The Morgan fingerprint density at radius 2 is 1.77 bits per heavy atom. The summed E-state index contributed by atoms with van der Waals surface area (Å²) in [6, 6.07) is 2.36. The van der Waals surface area contributed by atoms with E-state index in [0.717, 1.165) is 38.5 Å². The van der Waals surface area contributed by atoms with E-state index in [0.29, 0.717) is 5.56 Å². The van der Waals surface area contributed by atoms with Gasteiger partial charge in [0.05, 0.1) is 6.42 Å². The molecule has 1 aromatic rings. The van der Waals surface area contributed by atoms with Crippen LogP contribution in [0.5, 0.6) is 0 Å². The quantitative estimate of drug-likeness (QED) is 0.600. The van der Waals surface area contributed by atoms with Gasteiger partial charge in [-0.3, -0.25) is 10.1 Å². The number of hydrogen-bond donors (Lipinski definition) is 3. The monoisotopic (exact) mass is 427 g/mol. The summed E-state index contributed by atoms with van der Waals surface area (Å²) in [6.45, 7) is 5.28. The average Bonchev–Trinajstić information content (AvgIpc) is 2.58. The molecule has 1 saturated carbocycles. The van der Waals surface area contributed by atoms with Gasteiger partial charge in [0.1, 0.15) is 17.5 Å². The number of carboxylic acids is 1. The number of hydrogen-bond acceptors (Lipinski definition) is 5. The zero-order valence-electron chi connectivity index (χ0n) is 18.1. The van der Waals surface area contributed by atoms with Gasteiger partial charge < -0.3 is 15.2 Å². The molecule has 1 fully saturated rings. The number of carbonyl (C=O) groups excluding carboxylic acids is 2. The molecular weight excluding hydrogens is 393 g/mol. The number of amides is 2. The molecule has 168 valence electrons. The predicted molar refractivity (Wildman–Crippen MR) is 120 cm³/mol. The van der Waals surface area contributed by atoms with Crippen LogP contribution in [0, 0.1) is 5.92 Å². The van der Waals surface area contributed by atoms with E-state index in [1.54, 1.807) is 32.9 Å². The molecule has 1 atom stereocenters. The summed E-state index contributed by atoms with van der Waals surface area (Å²) in [6.07, 6.45) is 7.89. The molecule has 1 aromatic heterocycles. The molecule has 9 heteroatoms. The molecule has 0 bridgehead atoms. The molecule has 0 spiro atoms. The topological polar surface area (TPSA) is 118 Å². The first-order valence-corrected chi connectivity index (χ1v) is 10.6. The molecular formula is C22H34LiN3O5. The maximum atomic E-state index is 12.5. The Balaban J connectivity index is 0.00000480. The van der Waals surface area contributed by atoms with E-state index >= 15 is 0 Å². The van der Waals surface area contributed by atoms with Crippen LogP contribution in [-0.4, -0.2) is 58.6 Å². The summed E-state index contributed by atoms with van der Waals surface area (Å²) in [4.78, 5) is 40.3. The van der Waals surface area contributed by atoms with Crippen LogP contribution in [0.3, 0.4) is 0 Å². The van der Waals surface area contributed by atoms with Gasteiger partial charge in [-0.2, -0.15) is 0 Å².